The Labute approximate surface area is 115 Å². The first kappa shape index (κ1) is 14.4. The highest BCUT2D eigenvalue weighted by Crippen LogP contribution is 2.17. The van der Waals surface area contributed by atoms with Crippen molar-refractivity contribution in [1.29, 1.82) is 0 Å². The van der Waals surface area contributed by atoms with Gasteiger partial charge in [-0.05, 0) is 11.6 Å². The van der Waals surface area contributed by atoms with Gasteiger partial charge in [-0.15, -0.1) is 0 Å². The van der Waals surface area contributed by atoms with Gasteiger partial charge in [0.25, 0.3) is 0 Å². The maximum atomic E-state index is 11.2. The molecule has 0 aliphatic heterocycles. The standard InChI is InChI=1S/C13H17N3O4/c17-6-4-15(5-7-18)9-10-2-1-3-16-12(10)11(8-14-16)13(19)20/h1-3,8,17-18H,4-7,9H2,(H,19,20). The van der Waals surface area contributed by atoms with Crippen LogP contribution in [-0.4, -0.2) is 62.1 Å². The first-order valence-corrected chi connectivity index (χ1v) is 6.30. The van der Waals surface area contributed by atoms with Gasteiger partial charge in [0.2, 0.25) is 0 Å². The minimum Gasteiger partial charge on any atom is -0.478 e. The fourth-order valence-electron chi connectivity index (χ4n) is 2.19. The van der Waals surface area contributed by atoms with Gasteiger partial charge in [-0.2, -0.15) is 5.10 Å². The van der Waals surface area contributed by atoms with Gasteiger partial charge in [-0.25, -0.2) is 9.31 Å². The van der Waals surface area contributed by atoms with Crippen LogP contribution in [0.15, 0.2) is 24.5 Å². The highest BCUT2D eigenvalue weighted by Gasteiger charge is 2.16. The normalized spacial score (nSPS) is 11.3. The smallest absolute Gasteiger partial charge is 0.339 e. The maximum Gasteiger partial charge on any atom is 0.339 e. The summed E-state index contributed by atoms with van der Waals surface area (Å²) in [5.74, 6) is -1.02. The summed E-state index contributed by atoms with van der Waals surface area (Å²) < 4.78 is 1.52. The van der Waals surface area contributed by atoms with Crippen LogP contribution in [0, 0.1) is 0 Å². The quantitative estimate of drug-likeness (QED) is 0.650. The molecule has 7 nitrogen and oxygen atoms in total. The second kappa shape index (κ2) is 6.47. The largest absolute Gasteiger partial charge is 0.478 e. The molecule has 20 heavy (non-hydrogen) atoms. The van der Waals surface area contributed by atoms with Crippen LogP contribution in [0.3, 0.4) is 0 Å². The van der Waals surface area contributed by atoms with Crippen LogP contribution < -0.4 is 0 Å². The van der Waals surface area contributed by atoms with Crippen LogP contribution in [0.25, 0.3) is 5.52 Å². The molecule has 0 saturated carbocycles. The zero-order chi connectivity index (χ0) is 14.5. The number of hydrogen-bond donors (Lipinski definition) is 3. The Morgan fingerprint density at radius 2 is 2.00 bits per heavy atom. The molecule has 2 aromatic heterocycles. The average molecular weight is 279 g/mol. The maximum absolute atomic E-state index is 11.2. The molecule has 2 heterocycles. The number of carbonyl (C=O) groups is 1. The van der Waals surface area contributed by atoms with Gasteiger partial charge in [0, 0.05) is 25.8 Å². The van der Waals surface area contributed by atoms with E-state index in [9.17, 15) is 9.90 Å². The third-order valence-corrected chi connectivity index (χ3v) is 3.08. The van der Waals surface area contributed by atoms with Gasteiger partial charge in [-0.1, -0.05) is 6.07 Å². The predicted molar refractivity (Wildman–Crippen MR) is 71.6 cm³/mol. The molecule has 0 aromatic carbocycles. The SMILES string of the molecule is O=C(O)c1cnn2cccc(CN(CCO)CCO)c12. The number of aromatic carboxylic acids is 1. The molecule has 0 radical (unpaired) electrons. The molecule has 2 rings (SSSR count). The van der Waals surface area contributed by atoms with Crippen molar-refractivity contribution in [3.05, 3.63) is 35.7 Å². The topological polar surface area (TPSA) is 98.3 Å². The Kier molecular flexibility index (Phi) is 4.67. The first-order chi connectivity index (χ1) is 9.67. The van der Waals surface area contributed by atoms with Crippen molar-refractivity contribution in [2.45, 2.75) is 6.54 Å². The van der Waals surface area contributed by atoms with E-state index < -0.39 is 5.97 Å². The lowest BCUT2D eigenvalue weighted by atomic mass is 10.1. The third kappa shape index (κ3) is 2.96. The number of hydrogen-bond acceptors (Lipinski definition) is 5. The summed E-state index contributed by atoms with van der Waals surface area (Å²) in [6.45, 7) is 1.23. The number of fused-ring (bicyclic) bond motifs is 1. The van der Waals surface area contributed by atoms with Crippen molar-refractivity contribution in [3.63, 3.8) is 0 Å². The molecule has 0 spiro atoms. The molecule has 2 aromatic rings. The summed E-state index contributed by atoms with van der Waals surface area (Å²) in [7, 11) is 0. The lowest BCUT2D eigenvalue weighted by Crippen LogP contribution is -2.29. The summed E-state index contributed by atoms with van der Waals surface area (Å²) in [6.07, 6.45) is 3.01. The Bertz CT molecular complexity index is 590. The zero-order valence-corrected chi connectivity index (χ0v) is 10.9. The molecule has 3 N–H and O–H groups in total. The van der Waals surface area contributed by atoms with E-state index in [4.69, 9.17) is 10.2 Å². The van der Waals surface area contributed by atoms with Crippen molar-refractivity contribution in [2.75, 3.05) is 26.3 Å². The summed E-state index contributed by atoms with van der Waals surface area (Å²) in [4.78, 5) is 13.1. The Hall–Kier alpha value is -1.96. The summed E-state index contributed by atoms with van der Waals surface area (Å²) in [5, 5.41) is 31.3. The molecular formula is C13H17N3O4. The molecule has 0 fully saturated rings. The fraction of sp³-hybridized carbons (Fsp3) is 0.385. The van der Waals surface area contributed by atoms with E-state index in [-0.39, 0.29) is 18.8 Å². The van der Waals surface area contributed by atoms with Crippen molar-refractivity contribution < 1.29 is 20.1 Å². The van der Waals surface area contributed by atoms with Gasteiger partial charge in [0.15, 0.2) is 0 Å². The van der Waals surface area contributed by atoms with Crippen molar-refractivity contribution >= 4 is 11.5 Å². The molecule has 0 saturated heterocycles. The number of aliphatic hydroxyl groups excluding tert-OH is 2. The second-order valence-electron chi connectivity index (χ2n) is 4.41. The zero-order valence-electron chi connectivity index (χ0n) is 10.9. The van der Waals surface area contributed by atoms with Crippen LogP contribution in [0.2, 0.25) is 0 Å². The Morgan fingerprint density at radius 1 is 1.30 bits per heavy atom. The lowest BCUT2D eigenvalue weighted by Gasteiger charge is -2.20. The van der Waals surface area contributed by atoms with Crippen molar-refractivity contribution in [3.8, 4) is 0 Å². The number of rotatable bonds is 7. The molecule has 0 unspecified atom stereocenters. The van der Waals surface area contributed by atoms with Crippen LogP contribution in [0.5, 0.6) is 0 Å². The van der Waals surface area contributed by atoms with Crippen molar-refractivity contribution in [2.24, 2.45) is 0 Å². The fourth-order valence-corrected chi connectivity index (χ4v) is 2.19. The summed E-state index contributed by atoms with van der Waals surface area (Å²) in [6, 6.07) is 3.61. The second-order valence-corrected chi connectivity index (χ2v) is 4.41. The highest BCUT2D eigenvalue weighted by molar-refractivity contribution is 5.96. The molecule has 0 amide bonds. The molecule has 7 heteroatoms. The first-order valence-electron chi connectivity index (χ1n) is 6.30. The molecule has 0 bridgehead atoms. The van der Waals surface area contributed by atoms with E-state index in [1.54, 1.807) is 12.3 Å². The van der Waals surface area contributed by atoms with E-state index in [0.717, 1.165) is 5.56 Å². The van der Waals surface area contributed by atoms with E-state index in [0.29, 0.717) is 25.2 Å². The van der Waals surface area contributed by atoms with Crippen molar-refractivity contribution in [1.82, 2.24) is 14.5 Å². The van der Waals surface area contributed by atoms with Gasteiger partial charge in [0.05, 0.1) is 24.9 Å². The predicted octanol–water partition coefficient (Wildman–Crippen LogP) is -0.181. The Morgan fingerprint density at radius 3 is 2.60 bits per heavy atom. The number of pyridine rings is 1. The number of carboxylic acid groups (broad SMARTS) is 1. The van der Waals surface area contributed by atoms with E-state index in [2.05, 4.69) is 5.10 Å². The van der Waals surface area contributed by atoms with Crippen LogP contribution >= 0.6 is 0 Å². The average Bonchev–Trinajstić information content (AvgIpc) is 2.84. The van der Waals surface area contributed by atoms with Gasteiger partial charge < -0.3 is 15.3 Å². The highest BCUT2D eigenvalue weighted by atomic mass is 16.4. The third-order valence-electron chi connectivity index (χ3n) is 3.08. The van der Waals surface area contributed by atoms with Gasteiger partial charge in [-0.3, -0.25) is 4.90 Å². The molecule has 108 valence electrons. The lowest BCUT2D eigenvalue weighted by molar-refractivity contribution is 0.0698. The van der Waals surface area contributed by atoms with E-state index in [1.165, 1.54) is 10.7 Å². The minimum atomic E-state index is -1.02. The number of aromatic nitrogens is 2. The van der Waals surface area contributed by atoms with Crippen LogP contribution in [0.4, 0.5) is 0 Å². The Balaban J connectivity index is 2.37. The molecule has 0 aliphatic carbocycles. The van der Waals surface area contributed by atoms with Gasteiger partial charge in [0.1, 0.15) is 5.56 Å². The summed E-state index contributed by atoms with van der Waals surface area (Å²) in [5.41, 5.74) is 1.48. The molecular weight excluding hydrogens is 262 g/mol. The van der Waals surface area contributed by atoms with E-state index in [1.807, 2.05) is 11.0 Å². The van der Waals surface area contributed by atoms with Crippen LogP contribution in [0.1, 0.15) is 15.9 Å². The number of carboxylic acids is 1. The number of nitrogens with zero attached hydrogens (tertiary/aromatic N) is 3. The molecule has 0 aliphatic rings. The van der Waals surface area contributed by atoms with Gasteiger partial charge >= 0.3 is 5.97 Å². The van der Waals surface area contributed by atoms with E-state index >= 15 is 0 Å². The summed E-state index contributed by atoms with van der Waals surface area (Å²) >= 11 is 0. The minimum absolute atomic E-state index is 0.0197. The monoisotopic (exact) mass is 279 g/mol. The number of aliphatic hydroxyl groups is 2. The molecule has 0 atom stereocenters. The van der Waals surface area contributed by atoms with Crippen LogP contribution in [-0.2, 0) is 6.54 Å².